The van der Waals surface area contributed by atoms with Crippen LogP contribution in [0.15, 0.2) is 54.6 Å². The molecule has 0 radical (unpaired) electrons. The van der Waals surface area contributed by atoms with Crippen LogP contribution in [0.4, 0.5) is 0 Å². The molecular formula is C20H19NO5S2. The van der Waals surface area contributed by atoms with Gasteiger partial charge in [-0.3, -0.25) is 9.59 Å². The summed E-state index contributed by atoms with van der Waals surface area (Å²) in [4.78, 5) is 37.9. The van der Waals surface area contributed by atoms with Crippen LogP contribution in [0.1, 0.15) is 27.7 Å². The van der Waals surface area contributed by atoms with Gasteiger partial charge in [0, 0.05) is 29.1 Å². The molecule has 1 amide bonds. The van der Waals surface area contributed by atoms with Gasteiger partial charge in [0.05, 0.1) is 0 Å². The molecule has 0 saturated carbocycles. The Morgan fingerprint density at radius 3 is 2.43 bits per heavy atom. The Morgan fingerprint density at radius 1 is 1.07 bits per heavy atom. The second-order valence-corrected chi connectivity index (χ2v) is 8.33. The van der Waals surface area contributed by atoms with Crippen molar-refractivity contribution in [2.24, 2.45) is 0 Å². The van der Waals surface area contributed by atoms with Crippen molar-refractivity contribution in [3.63, 3.8) is 0 Å². The molecule has 2 unspecified atom stereocenters. The zero-order chi connectivity index (χ0) is 20.1. The van der Waals surface area contributed by atoms with Gasteiger partial charge in [-0.15, -0.1) is 11.8 Å². The fraction of sp³-hybridized carbons (Fsp3) is 0.250. The van der Waals surface area contributed by atoms with Gasteiger partial charge in [-0.2, -0.15) is 0 Å². The number of nitrogens with zero attached hydrogens (tertiary/aromatic N) is 1. The van der Waals surface area contributed by atoms with Crippen LogP contribution in [0.2, 0.25) is 0 Å². The number of thioether (sulfide) groups is 2. The van der Waals surface area contributed by atoms with E-state index in [0.29, 0.717) is 11.1 Å². The molecule has 1 heterocycles. The number of benzene rings is 2. The number of rotatable bonds is 6. The van der Waals surface area contributed by atoms with E-state index in [4.69, 9.17) is 0 Å². The molecule has 2 N–H and O–H groups in total. The number of carboxylic acid groups (broad SMARTS) is 1. The van der Waals surface area contributed by atoms with Crippen LogP contribution in [0.5, 0.6) is 5.75 Å². The molecule has 6 nitrogen and oxygen atoms in total. The summed E-state index contributed by atoms with van der Waals surface area (Å²) in [6, 6.07) is 14.4. The quantitative estimate of drug-likeness (QED) is 0.744. The maximum atomic E-state index is 12.8. The monoisotopic (exact) mass is 417 g/mol. The minimum absolute atomic E-state index is 0.0254. The summed E-state index contributed by atoms with van der Waals surface area (Å²) in [5.41, 5.74) is 1.07. The fourth-order valence-electron chi connectivity index (χ4n) is 2.95. The third-order valence-electron chi connectivity index (χ3n) is 4.33. The fourth-order valence-corrected chi connectivity index (χ4v) is 5.19. The van der Waals surface area contributed by atoms with E-state index in [0.717, 1.165) is 11.8 Å². The molecular weight excluding hydrogens is 398 g/mol. The number of phenolic OH excluding ortho intramolecular Hbond substituents is 1. The highest BCUT2D eigenvalue weighted by Crippen LogP contribution is 2.44. The Morgan fingerprint density at radius 2 is 1.75 bits per heavy atom. The molecule has 2 aromatic rings. The normalized spacial score (nSPS) is 18.8. The Kier molecular flexibility index (Phi) is 6.64. The smallest absolute Gasteiger partial charge is 0.327 e. The highest BCUT2D eigenvalue weighted by Gasteiger charge is 2.42. The summed E-state index contributed by atoms with van der Waals surface area (Å²) in [6.45, 7) is 0. The summed E-state index contributed by atoms with van der Waals surface area (Å²) >= 11 is 2.35. The third-order valence-corrected chi connectivity index (χ3v) is 6.55. The van der Waals surface area contributed by atoms with E-state index in [1.54, 1.807) is 42.5 Å². The first kappa shape index (κ1) is 20.3. The molecule has 1 aliphatic heterocycles. The van der Waals surface area contributed by atoms with Crippen molar-refractivity contribution in [2.45, 2.75) is 17.8 Å². The number of hydrogen-bond acceptors (Lipinski definition) is 6. The number of carbonyl (C=O) groups excluding carboxylic acids is 2. The maximum Gasteiger partial charge on any atom is 0.327 e. The summed E-state index contributed by atoms with van der Waals surface area (Å²) in [7, 11) is 0. The molecule has 28 heavy (non-hydrogen) atoms. The minimum Gasteiger partial charge on any atom is -0.508 e. The zero-order valence-electron chi connectivity index (χ0n) is 14.9. The summed E-state index contributed by atoms with van der Waals surface area (Å²) < 4.78 is 0. The molecule has 2 aromatic carbocycles. The van der Waals surface area contributed by atoms with Crippen molar-refractivity contribution in [2.75, 3.05) is 11.5 Å². The van der Waals surface area contributed by atoms with E-state index < -0.39 is 17.4 Å². The molecule has 0 aromatic heterocycles. The molecule has 2 atom stereocenters. The molecule has 0 bridgehead atoms. The number of hydrogen-bond donors (Lipinski definition) is 2. The lowest BCUT2D eigenvalue weighted by Crippen LogP contribution is -2.43. The van der Waals surface area contributed by atoms with Crippen LogP contribution in [-0.4, -0.2) is 49.7 Å². The number of aliphatic carboxylic acids is 1. The predicted molar refractivity (Wildman–Crippen MR) is 109 cm³/mol. The van der Waals surface area contributed by atoms with Crippen LogP contribution in [-0.2, 0) is 9.59 Å². The van der Waals surface area contributed by atoms with Gasteiger partial charge in [-0.05, 0) is 6.07 Å². The molecule has 1 aliphatic rings. The Hall–Kier alpha value is -2.45. The minimum atomic E-state index is -1.08. The number of aromatic hydroxyl groups is 1. The predicted octanol–water partition coefficient (Wildman–Crippen LogP) is 3.38. The van der Waals surface area contributed by atoms with Gasteiger partial charge in [0.15, 0.2) is 0 Å². The van der Waals surface area contributed by atoms with E-state index in [9.17, 15) is 24.6 Å². The molecule has 3 rings (SSSR count). The number of para-hydroxylation sites is 1. The van der Waals surface area contributed by atoms with Gasteiger partial charge in [-0.25, -0.2) is 4.79 Å². The van der Waals surface area contributed by atoms with Crippen LogP contribution >= 0.6 is 23.5 Å². The van der Waals surface area contributed by atoms with E-state index in [2.05, 4.69) is 0 Å². The first-order valence-corrected chi connectivity index (χ1v) is 10.7. The van der Waals surface area contributed by atoms with Gasteiger partial charge in [0.1, 0.15) is 17.2 Å². The molecule has 0 spiro atoms. The number of carboxylic acids is 1. The SMILES string of the molecule is O=C(SCCC(=O)N1C(C(=O)O)CSC1c1ccccc1O)c1ccccc1. The van der Waals surface area contributed by atoms with Gasteiger partial charge < -0.3 is 15.1 Å². The van der Waals surface area contributed by atoms with E-state index >= 15 is 0 Å². The lowest BCUT2D eigenvalue weighted by Gasteiger charge is -2.28. The van der Waals surface area contributed by atoms with Crippen LogP contribution in [0, 0.1) is 0 Å². The molecule has 0 aliphatic carbocycles. The van der Waals surface area contributed by atoms with Crippen molar-refractivity contribution in [3.05, 3.63) is 65.7 Å². The topological polar surface area (TPSA) is 94.9 Å². The zero-order valence-corrected chi connectivity index (χ0v) is 16.5. The van der Waals surface area contributed by atoms with Crippen LogP contribution in [0.3, 0.4) is 0 Å². The lowest BCUT2D eigenvalue weighted by atomic mass is 10.1. The lowest BCUT2D eigenvalue weighted by molar-refractivity contribution is -0.149. The summed E-state index contributed by atoms with van der Waals surface area (Å²) in [6.07, 6.45) is 0.0394. The average Bonchev–Trinajstić information content (AvgIpc) is 3.14. The number of carbonyl (C=O) groups is 3. The van der Waals surface area contributed by atoms with Crippen molar-refractivity contribution in [1.29, 1.82) is 0 Å². The number of amides is 1. The second kappa shape index (κ2) is 9.16. The van der Waals surface area contributed by atoms with E-state index in [1.807, 2.05) is 6.07 Å². The maximum absolute atomic E-state index is 12.8. The Bertz CT molecular complexity index is 874. The third kappa shape index (κ3) is 4.51. The second-order valence-electron chi connectivity index (χ2n) is 6.15. The van der Waals surface area contributed by atoms with Crippen molar-refractivity contribution in [1.82, 2.24) is 4.90 Å². The molecule has 1 saturated heterocycles. The van der Waals surface area contributed by atoms with Crippen LogP contribution in [0.25, 0.3) is 0 Å². The molecule has 8 heteroatoms. The highest BCUT2D eigenvalue weighted by molar-refractivity contribution is 8.14. The summed E-state index contributed by atoms with van der Waals surface area (Å²) in [5, 5.41) is 18.9. The highest BCUT2D eigenvalue weighted by atomic mass is 32.2. The van der Waals surface area contributed by atoms with Crippen LogP contribution < -0.4 is 0 Å². The first-order valence-electron chi connectivity index (χ1n) is 8.64. The van der Waals surface area contributed by atoms with Gasteiger partial charge >= 0.3 is 5.97 Å². The van der Waals surface area contributed by atoms with Gasteiger partial charge in [0.25, 0.3) is 0 Å². The van der Waals surface area contributed by atoms with Crippen molar-refractivity contribution >= 4 is 40.5 Å². The number of phenols is 1. The Balaban J connectivity index is 1.68. The molecule has 146 valence electrons. The standard InChI is InChI=1S/C20H19NO5S2/c22-16-9-5-4-8-14(16)18-21(15(12-28-18)19(24)25)17(23)10-11-27-20(26)13-6-2-1-3-7-13/h1-9,15,18,22H,10-12H2,(H,24,25). The summed E-state index contributed by atoms with van der Waals surface area (Å²) in [5.74, 6) is -0.896. The Labute approximate surface area is 170 Å². The van der Waals surface area contributed by atoms with E-state index in [1.165, 1.54) is 22.7 Å². The van der Waals surface area contributed by atoms with Crippen molar-refractivity contribution < 1.29 is 24.6 Å². The van der Waals surface area contributed by atoms with Crippen molar-refractivity contribution in [3.8, 4) is 5.75 Å². The molecule has 1 fully saturated rings. The van der Waals surface area contributed by atoms with Gasteiger partial charge in [-0.1, -0.05) is 60.3 Å². The largest absolute Gasteiger partial charge is 0.508 e. The first-order chi connectivity index (χ1) is 13.5. The van der Waals surface area contributed by atoms with Gasteiger partial charge in [0.2, 0.25) is 11.0 Å². The van der Waals surface area contributed by atoms with E-state index in [-0.39, 0.29) is 34.7 Å². The average molecular weight is 418 g/mol.